The van der Waals surface area contributed by atoms with Gasteiger partial charge in [0.15, 0.2) is 0 Å². The Morgan fingerprint density at radius 1 is 1.32 bits per heavy atom. The van der Waals surface area contributed by atoms with Crippen molar-refractivity contribution >= 4 is 51.6 Å². The summed E-state index contributed by atoms with van der Waals surface area (Å²) in [6, 6.07) is 9.26. The molecule has 0 unspecified atom stereocenters. The molecule has 0 radical (unpaired) electrons. The highest BCUT2D eigenvalue weighted by molar-refractivity contribution is 8.23. The molecule has 25 heavy (non-hydrogen) atoms. The standard InChI is InChI=1S/C17H21ClN4OS2/c1-4-22(5-2)17(24)25-11-16(23)19-15-10-14(20-21(15)3)12-6-8-13(18)9-7-12/h6-10H,4-5,11H2,1-3H3,(H,19,23). The van der Waals surface area contributed by atoms with Gasteiger partial charge >= 0.3 is 0 Å². The lowest BCUT2D eigenvalue weighted by Crippen LogP contribution is -2.28. The number of hydrogen-bond donors (Lipinski definition) is 1. The Balaban J connectivity index is 1.97. The average Bonchev–Trinajstić information content (AvgIpc) is 2.95. The van der Waals surface area contributed by atoms with E-state index in [2.05, 4.69) is 15.3 Å². The molecular formula is C17H21ClN4OS2. The van der Waals surface area contributed by atoms with Crippen LogP contribution in [-0.2, 0) is 11.8 Å². The van der Waals surface area contributed by atoms with Crippen molar-refractivity contribution in [2.45, 2.75) is 13.8 Å². The van der Waals surface area contributed by atoms with E-state index in [1.807, 2.05) is 44.2 Å². The molecular weight excluding hydrogens is 376 g/mol. The summed E-state index contributed by atoms with van der Waals surface area (Å²) in [5.74, 6) is 0.811. The molecule has 1 N–H and O–H groups in total. The second kappa shape index (κ2) is 9.22. The van der Waals surface area contributed by atoms with Gasteiger partial charge in [-0.15, -0.1) is 0 Å². The maximum atomic E-state index is 12.2. The molecule has 5 nitrogen and oxygen atoms in total. The van der Waals surface area contributed by atoms with Crippen LogP contribution >= 0.6 is 35.6 Å². The van der Waals surface area contributed by atoms with Crippen molar-refractivity contribution < 1.29 is 4.79 Å². The van der Waals surface area contributed by atoms with Crippen LogP contribution in [0.1, 0.15) is 13.8 Å². The zero-order valence-electron chi connectivity index (χ0n) is 14.5. The van der Waals surface area contributed by atoms with Gasteiger partial charge in [0.05, 0.1) is 11.4 Å². The van der Waals surface area contributed by atoms with Crippen LogP contribution in [0.25, 0.3) is 11.3 Å². The maximum absolute atomic E-state index is 12.2. The lowest BCUT2D eigenvalue weighted by atomic mass is 10.1. The minimum absolute atomic E-state index is 0.106. The molecule has 0 saturated heterocycles. The quantitative estimate of drug-likeness (QED) is 0.747. The fourth-order valence-electron chi connectivity index (χ4n) is 2.23. The highest BCUT2D eigenvalue weighted by Gasteiger charge is 2.13. The SMILES string of the molecule is CCN(CC)C(=S)SCC(=O)Nc1cc(-c2ccc(Cl)cc2)nn1C. The normalized spacial score (nSPS) is 10.6. The summed E-state index contributed by atoms with van der Waals surface area (Å²) < 4.78 is 2.39. The number of halogens is 1. The molecule has 1 aromatic carbocycles. The van der Waals surface area contributed by atoms with Crippen LogP contribution in [0.15, 0.2) is 30.3 Å². The Bertz CT molecular complexity index is 742. The topological polar surface area (TPSA) is 50.2 Å². The summed E-state index contributed by atoms with van der Waals surface area (Å²) in [5.41, 5.74) is 1.72. The molecule has 1 aromatic heterocycles. The van der Waals surface area contributed by atoms with E-state index >= 15 is 0 Å². The number of rotatable bonds is 6. The van der Waals surface area contributed by atoms with Crippen molar-refractivity contribution in [2.75, 3.05) is 24.2 Å². The van der Waals surface area contributed by atoms with Gasteiger partial charge in [-0.05, 0) is 26.0 Å². The Kier molecular flexibility index (Phi) is 7.28. The smallest absolute Gasteiger partial charge is 0.235 e. The van der Waals surface area contributed by atoms with Crippen molar-refractivity contribution in [1.29, 1.82) is 0 Å². The first-order valence-electron chi connectivity index (χ1n) is 7.96. The number of thiocarbonyl (C=S) groups is 1. The summed E-state index contributed by atoms with van der Waals surface area (Å²) in [7, 11) is 1.79. The average molecular weight is 397 g/mol. The van der Waals surface area contributed by atoms with E-state index in [-0.39, 0.29) is 11.7 Å². The molecule has 2 rings (SSSR count). The number of nitrogens with zero attached hydrogens (tertiary/aromatic N) is 3. The molecule has 1 amide bonds. The van der Waals surface area contributed by atoms with Crippen LogP contribution < -0.4 is 5.32 Å². The van der Waals surface area contributed by atoms with E-state index < -0.39 is 0 Å². The lowest BCUT2D eigenvalue weighted by Gasteiger charge is -2.20. The molecule has 0 saturated carbocycles. The summed E-state index contributed by atoms with van der Waals surface area (Å²) >= 11 is 12.6. The third kappa shape index (κ3) is 5.45. The van der Waals surface area contributed by atoms with Crippen LogP contribution in [0.4, 0.5) is 5.82 Å². The minimum Gasteiger partial charge on any atom is -0.358 e. The van der Waals surface area contributed by atoms with Crippen molar-refractivity contribution in [1.82, 2.24) is 14.7 Å². The Morgan fingerprint density at radius 3 is 2.56 bits per heavy atom. The number of amides is 1. The van der Waals surface area contributed by atoms with Gasteiger partial charge < -0.3 is 10.2 Å². The van der Waals surface area contributed by atoms with Crippen molar-refractivity contribution in [3.05, 3.63) is 35.4 Å². The number of aryl methyl sites for hydroxylation is 1. The van der Waals surface area contributed by atoms with Crippen molar-refractivity contribution in [3.8, 4) is 11.3 Å². The van der Waals surface area contributed by atoms with Gasteiger partial charge in [0.25, 0.3) is 0 Å². The number of nitrogens with one attached hydrogen (secondary N) is 1. The number of benzene rings is 1. The molecule has 134 valence electrons. The number of carbonyl (C=O) groups excluding carboxylic acids is 1. The molecule has 0 bridgehead atoms. The first-order valence-corrected chi connectivity index (χ1v) is 9.73. The van der Waals surface area contributed by atoms with Crippen molar-refractivity contribution in [2.24, 2.45) is 7.05 Å². The van der Waals surface area contributed by atoms with Gasteiger partial charge in [0.2, 0.25) is 5.91 Å². The molecule has 0 spiro atoms. The molecule has 0 atom stereocenters. The molecule has 8 heteroatoms. The second-order valence-electron chi connectivity index (χ2n) is 5.32. The van der Waals surface area contributed by atoms with E-state index in [0.717, 1.165) is 28.7 Å². The second-order valence-corrected chi connectivity index (χ2v) is 7.37. The van der Waals surface area contributed by atoms with E-state index in [1.54, 1.807) is 11.7 Å². The molecule has 0 aliphatic rings. The number of anilines is 1. The van der Waals surface area contributed by atoms with Gasteiger partial charge in [0, 0.05) is 36.8 Å². The third-order valence-corrected chi connectivity index (χ3v) is 5.41. The highest BCUT2D eigenvalue weighted by atomic mass is 35.5. The predicted octanol–water partition coefficient (Wildman–Crippen LogP) is 4.04. The van der Waals surface area contributed by atoms with Gasteiger partial charge in [-0.3, -0.25) is 9.48 Å². The molecule has 0 aliphatic carbocycles. The lowest BCUT2D eigenvalue weighted by molar-refractivity contribution is -0.113. The number of aromatic nitrogens is 2. The minimum atomic E-state index is -0.106. The predicted molar refractivity (Wildman–Crippen MR) is 110 cm³/mol. The fraction of sp³-hybridized carbons (Fsp3) is 0.353. The van der Waals surface area contributed by atoms with Crippen LogP contribution in [0.3, 0.4) is 0 Å². The van der Waals surface area contributed by atoms with E-state index in [9.17, 15) is 4.79 Å². The van der Waals surface area contributed by atoms with Crippen LogP contribution in [0.2, 0.25) is 5.02 Å². The van der Waals surface area contributed by atoms with Gasteiger partial charge in [-0.25, -0.2) is 0 Å². The maximum Gasteiger partial charge on any atom is 0.235 e. The number of carbonyl (C=O) groups is 1. The monoisotopic (exact) mass is 396 g/mol. The highest BCUT2D eigenvalue weighted by Crippen LogP contribution is 2.23. The van der Waals surface area contributed by atoms with Gasteiger partial charge in [0.1, 0.15) is 10.1 Å². The van der Waals surface area contributed by atoms with Gasteiger partial charge in [-0.1, -0.05) is 47.7 Å². The molecule has 0 fully saturated rings. The first-order chi connectivity index (χ1) is 11.9. The van der Waals surface area contributed by atoms with Crippen LogP contribution in [0, 0.1) is 0 Å². The Labute approximate surface area is 162 Å². The number of thioether (sulfide) groups is 1. The summed E-state index contributed by atoms with van der Waals surface area (Å²) in [5, 5.41) is 7.99. The Hall–Kier alpha value is -1.57. The molecule has 1 heterocycles. The summed E-state index contributed by atoms with van der Waals surface area (Å²) in [6.45, 7) is 5.78. The van der Waals surface area contributed by atoms with E-state index in [4.69, 9.17) is 23.8 Å². The zero-order valence-corrected chi connectivity index (χ0v) is 16.8. The Morgan fingerprint density at radius 2 is 1.96 bits per heavy atom. The molecule has 0 aliphatic heterocycles. The largest absolute Gasteiger partial charge is 0.358 e. The fourth-order valence-corrected chi connectivity index (χ4v) is 3.55. The number of hydrogen-bond acceptors (Lipinski definition) is 4. The third-order valence-electron chi connectivity index (χ3n) is 3.64. The van der Waals surface area contributed by atoms with E-state index in [0.29, 0.717) is 10.8 Å². The van der Waals surface area contributed by atoms with E-state index in [1.165, 1.54) is 11.8 Å². The van der Waals surface area contributed by atoms with Crippen LogP contribution in [0.5, 0.6) is 0 Å². The molecule has 2 aromatic rings. The van der Waals surface area contributed by atoms with Gasteiger partial charge in [-0.2, -0.15) is 5.10 Å². The summed E-state index contributed by atoms with van der Waals surface area (Å²) in [6.07, 6.45) is 0. The van der Waals surface area contributed by atoms with Crippen molar-refractivity contribution in [3.63, 3.8) is 0 Å². The summed E-state index contributed by atoms with van der Waals surface area (Å²) in [4.78, 5) is 14.2. The first kappa shape index (κ1) is 19.8. The van der Waals surface area contributed by atoms with Crippen LogP contribution in [-0.4, -0.2) is 43.8 Å². The zero-order chi connectivity index (χ0) is 18.4.